The molecule has 0 aromatic heterocycles. The molecule has 19 heavy (non-hydrogen) atoms. The zero-order valence-corrected chi connectivity index (χ0v) is 11.5. The van der Waals surface area contributed by atoms with Gasteiger partial charge in [0.15, 0.2) is 0 Å². The molecule has 0 aliphatic carbocycles. The van der Waals surface area contributed by atoms with Gasteiger partial charge in [-0.1, -0.05) is 48.0 Å². The highest BCUT2D eigenvalue weighted by Crippen LogP contribution is 2.36. The molecule has 0 saturated heterocycles. The smallest absolute Gasteiger partial charge is 0.0642 e. The average molecular weight is 273 g/mol. The van der Waals surface area contributed by atoms with Gasteiger partial charge in [0.05, 0.1) is 10.7 Å². The molecule has 3 heteroatoms. The molecule has 2 N–H and O–H groups in total. The lowest BCUT2D eigenvalue weighted by Gasteiger charge is -2.22. The number of fused-ring (bicyclic) bond motifs is 1. The lowest BCUT2D eigenvalue weighted by atomic mass is 10.1. The molecule has 0 spiro atoms. The second-order valence-electron chi connectivity index (χ2n) is 4.91. The summed E-state index contributed by atoms with van der Waals surface area (Å²) in [5, 5.41) is 0.818. The Morgan fingerprint density at radius 3 is 2.32 bits per heavy atom. The third-order valence-electron chi connectivity index (χ3n) is 3.64. The maximum atomic E-state index is 6.41. The minimum atomic E-state index is 0.647. The van der Waals surface area contributed by atoms with E-state index in [9.17, 15) is 0 Å². The van der Waals surface area contributed by atoms with E-state index in [1.807, 2.05) is 12.1 Å². The van der Waals surface area contributed by atoms with Crippen LogP contribution in [-0.4, -0.2) is 6.54 Å². The van der Waals surface area contributed by atoms with Crippen LogP contribution in [0, 0.1) is 0 Å². The van der Waals surface area contributed by atoms with Crippen LogP contribution in [0.5, 0.6) is 0 Å². The highest BCUT2D eigenvalue weighted by atomic mass is 35.5. The van der Waals surface area contributed by atoms with Gasteiger partial charge in [-0.25, -0.2) is 0 Å². The fourth-order valence-corrected chi connectivity index (χ4v) is 3.08. The first kappa shape index (κ1) is 12.5. The van der Waals surface area contributed by atoms with Crippen LogP contribution in [0.25, 0.3) is 0 Å². The molecular formula is C16H17ClN2. The van der Waals surface area contributed by atoms with Crippen molar-refractivity contribution in [3.63, 3.8) is 0 Å². The van der Waals surface area contributed by atoms with Gasteiger partial charge in [-0.15, -0.1) is 0 Å². The van der Waals surface area contributed by atoms with Gasteiger partial charge >= 0.3 is 0 Å². The second kappa shape index (κ2) is 5.24. The summed E-state index contributed by atoms with van der Waals surface area (Å²) in [4.78, 5) is 2.35. The van der Waals surface area contributed by atoms with Crippen LogP contribution in [-0.2, 0) is 19.5 Å². The normalized spacial score (nSPS) is 13.7. The summed E-state index contributed by atoms with van der Waals surface area (Å²) in [5.74, 6) is 0. The molecule has 2 nitrogen and oxygen atoms in total. The van der Waals surface area contributed by atoms with Crippen molar-refractivity contribution >= 4 is 17.3 Å². The minimum Gasteiger partial charge on any atom is -0.361 e. The summed E-state index contributed by atoms with van der Waals surface area (Å²) in [6.45, 7) is 2.50. The van der Waals surface area contributed by atoms with Crippen molar-refractivity contribution in [3.8, 4) is 0 Å². The molecule has 0 fully saturated rings. The summed E-state index contributed by atoms with van der Waals surface area (Å²) in [6.07, 6.45) is 0.864. The molecule has 0 atom stereocenters. The number of rotatable bonds is 3. The Bertz CT molecular complexity index is 570. The number of nitrogens with zero attached hydrogens (tertiary/aromatic N) is 1. The Kier molecular flexibility index (Phi) is 3.45. The second-order valence-corrected chi connectivity index (χ2v) is 5.32. The molecule has 3 rings (SSSR count). The molecular weight excluding hydrogens is 256 g/mol. The van der Waals surface area contributed by atoms with Crippen LogP contribution >= 0.6 is 11.6 Å². The van der Waals surface area contributed by atoms with Crippen molar-refractivity contribution in [2.45, 2.75) is 19.5 Å². The predicted octanol–water partition coefficient (Wildman–Crippen LogP) is 3.36. The third kappa shape index (κ3) is 2.34. The van der Waals surface area contributed by atoms with Gasteiger partial charge in [0.25, 0.3) is 0 Å². The van der Waals surface area contributed by atoms with Crippen LogP contribution in [0.1, 0.15) is 16.7 Å². The first-order valence-corrected chi connectivity index (χ1v) is 6.96. The molecule has 98 valence electrons. The molecule has 0 bridgehead atoms. The van der Waals surface area contributed by atoms with E-state index in [2.05, 4.69) is 35.2 Å². The van der Waals surface area contributed by atoms with Gasteiger partial charge in [0, 0.05) is 13.1 Å². The van der Waals surface area contributed by atoms with Gasteiger partial charge in [-0.2, -0.15) is 0 Å². The molecule has 0 radical (unpaired) electrons. The fourth-order valence-electron chi connectivity index (χ4n) is 2.76. The Morgan fingerprint density at radius 2 is 1.68 bits per heavy atom. The first-order chi connectivity index (χ1) is 9.29. The summed E-state index contributed by atoms with van der Waals surface area (Å²) >= 11 is 6.41. The van der Waals surface area contributed by atoms with Crippen LogP contribution in [0.3, 0.4) is 0 Å². The van der Waals surface area contributed by atoms with E-state index in [1.165, 1.54) is 16.7 Å². The van der Waals surface area contributed by atoms with Gasteiger partial charge < -0.3 is 10.6 Å². The van der Waals surface area contributed by atoms with Crippen LogP contribution in [0.2, 0.25) is 5.02 Å². The minimum absolute atomic E-state index is 0.647. The summed E-state index contributed by atoms with van der Waals surface area (Å²) in [6, 6.07) is 14.6. The first-order valence-electron chi connectivity index (χ1n) is 6.59. The highest BCUT2D eigenvalue weighted by Gasteiger charge is 2.22. The van der Waals surface area contributed by atoms with Crippen molar-refractivity contribution in [2.24, 2.45) is 5.73 Å². The van der Waals surface area contributed by atoms with E-state index in [0.717, 1.165) is 30.2 Å². The average Bonchev–Trinajstić information content (AvgIpc) is 2.82. The molecule has 0 saturated carbocycles. The fraction of sp³-hybridized carbons (Fsp3) is 0.250. The molecule has 1 heterocycles. The zero-order chi connectivity index (χ0) is 13.2. The Labute approximate surface area is 118 Å². The Morgan fingerprint density at radius 1 is 1.00 bits per heavy atom. The van der Waals surface area contributed by atoms with Crippen molar-refractivity contribution in [1.29, 1.82) is 0 Å². The van der Waals surface area contributed by atoms with E-state index in [1.54, 1.807) is 0 Å². The van der Waals surface area contributed by atoms with E-state index < -0.39 is 0 Å². The molecule has 2 aromatic carbocycles. The Balaban J connectivity index is 1.96. The lowest BCUT2D eigenvalue weighted by Crippen LogP contribution is -2.18. The van der Waals surface area contributed by atoms with Crippen molar-refractivity contribution < 1.29 is 0 Å². The van der Waals surface area contributed by atoms with Gasteiger partial charge in [0.2, 0.25) is 0 Å². The molecule has 1 aliphatic heterocycles. The molecule has 0 unspecified atom stereocenters. The number of hydrogen-bond acceptors (Lipinski definition) is 2. The SMILES string of the molecule is NCCc1cccc(Cl)c1N1Cc2ccccc2C1. The van der Waals surface area contributed by atoms with Crippen molar-refractivity contribution in [2.75, 3.05) is 11.4 Å². The maximum Gasteiger partial charge on any atom is 0.0642 e. The summed E-state index contributed by atoms with van der Waals surface area (Å²) in [7, 11) is 0. The third-order valence-corrected chi connectivity index (χ3v) is 3.95. The van der Waals surface area contributed by atoms with E-state index >= 15 is 0 Å². The quantitative estimate of drug-likeness (QED) is 0.928. The highest BCUT2D eigenvalue weighted by molar-refractivity contribution is 6.33. The van der Waals surface area contributed by atoms with Crippen LogP contribution in [0.15, 0.2) is 42.5 Å². The largest absolute Gasteiger partial charge is 0.361 e. The molecule has 0 amide bonds. The number of hydrogen-bond donors (Lipinski definition) is 1. The van der Waals surface area contributed by atoms with E-state index in [4.69, 9.17) is 17.3 Å². The molecule has 2 aromatic rings. The van der Waals surface area contributed by atoms with E-state index in [0.29, 0.717) is 6.54 Å². The van der Waals surface area contributed by atoms with Crippen molar-refractivity contribution in [3.05, 3.63) is 64.2 Å². The van der Waals surface area contributed by atoms with Gasteiger partial charge in [-0.05, 0) is 35.7 Å². The zero-order valence-electron chi connectivity index (χ0n) is 10.8. The number of para-hydroxylation sites is 1. The molecule has 1 aliphatic rings. The Hall–Kier alpha value is -1.51. The monoisotopic (exact) mass is 272 g/mol. The topological polar surface area (TPSA) is 29.3 Å². The maximum absolute atomic E-state index is 6.41. The predicted molar refractivity (Wildman–Crippen MR) is 80.5 cm³/mol. The summed E-state index contributed by atoms with van der Waals surface area (Å²) < 4.78 is 0. The number of anilines is 1. The number of halogens is 1. The number of nitrogens with two attached hydrogens (primary N) is 1. The van der Waals surface area contributed by atoms with Crippen molar-refractivity contribution in [1.82, 2.24) is 0 Å². The van der Waals surface area contributed by atoms with Gasteiger partial charge in [0.1, 0.15) is 0 Å². The summed E-state index contributed by atoms with van der Waals surface area (Å²) in [5.41, 5.74) is 10.9. The lowest BCUT2D eigenvalue weighted by molar-refractivity contribution is 0.859. The van der Waals surface area contributed by atoms with Crippen LogP contribution < -0.4 is 10.6 Å². The number of benzene rings is 2. The van der Waals surface area contributed by atoms with Crippen LogP contribution in [0.4, 0.5) is 5.69 Å². The van der Waals surface area contributed by atoms with E-state index in [-0.39, 0.29) is 0 Å². The van der Waals surface area contributed by atoms with Gasteiger partial charge in [-0.3, -0.25) is 0 Å². The standard InChI is InChI=1S/C16H17ClN2/c17-15-7-3-6-12(8-9-18)16(15)19-10-13-4-1-2-5-14(13)11-19/h1-7H,8-11,18H2.